The van der Waals surface area contributed by atoms with E-state index in [2.05, 4.69) is 17.2 Å². The molecule has 0 saturated heterocycles. The van der Waals surface area contributed by atoms with E-state index in [-0.39, 0.29) is 0 Å². The molecule has 5 nitrogen and oxygen atoms in total. The zero-order chi connectivity index (χ0) is 18.0. The Morgan fingerprint density at radius 3 is 1.80 bits per heavy atom. The molecule has 0 heterocycles. The van der Waals surface area contributed by atoms with Crippen LogP contribution < -0.4 is 10.6 Å². The van der Waals surface area contributed by atoms with Crippen molar-refractivity contribution >= 4 is 14.5 Å². The predicted octanol–water partition coefficient (Wildman–Crippen LogP) is 3.94. The summed E-state index contributed by atoms with van der Waals surface area (Å²) in [5.41, 5.74) is 0. The maximum Gasteiger partial charge on any atom is 0.334 e. The maximum absolute atomic E-state index is 5.57. The summed E-state index contributed by atoms with van der Waals surface area (Å²) in [4.78, 5) is 4.89. The molecule has 2 rings (SSSR count). The molecule has 146 valence electrons. The lowest BCUT2D eigenvalue weighted by atomic mass is 9.95. The highest BCUT2D eigenvalue weighted by atomic mass is 28.4. The number of hydrogen-bond acceptors (Lipinski definition) is 3. The summed E-state index contributed by atoms with van der Waals surface area (Å²) >= 11 is 0. The lowest BCUT2D eigenvalue weighted by Crippen LogP contribution is -2.48. The van der Waals surface area contributed by atoms with Gasteiger partial charge in [0.1, 0.15) is 0 Å². The van der Waals surface area contributed by atoms with Gasteiger partial charge in [-0.1, -0.05) is 38.5 Å². The van der Waals surface area contributed by atoms with E-state index in [9.17, 15) is 0 Å². The van der Waals surface area contributed by atoms with Crippen molar-refractivity contribution in [1.29, 1.82) is 0 Å². The van der Waals surface area contributed by atoms with Gasteiger partial charge in [-0.2, -0.15) is 0 Å². The van der Waals surface area contributed by atoms with Crippen LogP contribution in [0.5, 0.6) is 0 Å². The molecule has 0 atom stereocenters. The minimum absolute atomic E-state index is 0.598. The quantitative estimate of drug-likeness (QED) is 0.294. The minimum Gasteiger partial charge on any atom is -0.398 e. The van der Waals surface area contributed by atoms with Crippen molar-refractivity contribution in [3.8, 4) is 0 Å². The Kier molecular flexibility index (Phi) is 9.27. The van der Waals surface area contributed by atoms with Gasteiger partial charge in [-0.15, -0.1) is 0 Å². The summed E-state index contributed by atoms with van der Waals surface area (Å²) in [5.74, 6) is 1.04. The fourth-order valence-electron chi connectivity index (χ4n) is 3.89. The van der Waals surface area contributed by atoms with Gasteiger partial charge in [-0.25, -0.2) is 0 Å². The van der Waals surface area contributed by atoms with Gasteiger partial charge in [0.15, 0.2) is 5.96 Å². The third-order valence-electron chi connectivity index (χ3n) is 5.81. The average Bonchev–Trinajstić information content (AvgIpc) is 2.66. The van der Waals surface area contributed by atoms with Crippen LogP contribution in [0, 0.1) is 0 Å². The first-order valence-corrected chi connectivity index (χ1v) is 12.9. The van der Waals surface area contributed by atoms with E-state index in [0.29, 0.717) is 12.1 Å². The van der Waals surface area contributed by atoms with Crippen molar-refractivity contribution in [1.82, 2.24) is 10.6 Å². The molecule has 25 heavy (non-hydrogen) atoms. The van der Waals surface area contributed by atoms with Crippen molar-refractivity contribution in [2.45, 2.75) is 95.3 Å². The Morgan fingerprint density at radius 1 is 0.880 bits per heavy atom. The summed E-state index contributed by atoms with van der Waals surface area (Å²) in [6.07, 6.45) is 14.3. The van der Waals surface area contributed by atoms with Crippen LogP contribution in [0.1, 0.15) is 70.6 Å². The van der Waals surface area contributed by atoms with Crippen LogP contribution in [0.15, 0.2) is 4.99 Å². The third kappa shape index (κ3) is 7.67. The first kappa shape index (κ1) is 20.7. The van der Waals surface area contributed by atoms with Gasteiger partial charge in [0, 0.05) is 32.8 Å². The number of nitrogens with zero attached hydrogens (tertiary/aromatic N) is 1. The first-order chi connectivity index (χ1) is 12.1. The summed E-state index contributed by atoms with van der Waals surface area (Å²) < 4.78 is 11.1. The molecular weight excluding hydrogens is 330 g/mol. The molecule has 0 amide bonds. The van der Waals surface area contributed by atoms with Gasteiger partial charge >= 0.3 is 8.56 Å². The van der Waals surface area contributed by atoms with Crippen LogP contribution >= 0.6 is 0 Å². The number of rotatable bonds is 8. The fourth-order valence-corrected chi connectivity index (χ4v) is 5.27. The molecule has 2 fully saturated rings. The highest BCUT2D eigenvalue weighted by molar-refractivity contribution is 6.65. The molecule has 2 saturated carbocycles. The van der Waals surface area contributed by atoms with E-state index in [1.165, 1.54) is 64.2 Å². The highest BCUT2D eigenvalue weighted by Gasteiger charge is 2.27. The lowest BCUT2D eigenvalue weighted by molar-refractivity contribution is 0.249. The Labute approximate surface area is 155 Å². The fraction of sp³-hybridized carbons (Fsp3) is 0.947. The molecule has 2 aliphatic carbocycles. The van der Waals surface area contributed by atoms with Crippen molar-refractivity contribution in [3.63, 3.8) is 0 Å². The Balaban J connectivity index is 1.85. The molecule has 2 N–H and O–H groups in total. The zero-order valence-electron chi connectivity index (χ0n) is 16.6. The largest absolute Gasteiger partial charge is 0.398 e. The monoisotopic (exact) mass is 369 g/mol. The van der Waals surface area contributed by atoms with E-state index in [0.717, 1.165) is 25.0 Å². The Hall–Kier alpha value is -0.593. The molecule has 0 aromatic heterocycles. The number of nitrogens with one attached hydrogen (secondary N) is 2. The van der Waals surface area contributed by atoms with Gasteiger partial charge in [0.25, 0.3) is 0 Å². The second-order valence-corrected chi connectivity index (χ2v) is 11.4. The van der Waals surface area contributed by atoms with Crippen molar-refractivity contribution in [2.75, 3.05) is 20.8 Å². The van der Waals surface area contributed by atoms with E-state index < -0.39 is 8.56 Å². The van der Waals surface area contributed by atoms with Crippen molar-refractivity contribution in [3.05, 3.63) is 0 Å². The first-order valence-electron chi connectivity index (χ1n) is 10.3. The molecule has 0 aliphatic heterocycles. The number of hydrogen-bond donors (Lipinski definition) is 2. The number of aliphatic imine (C=N–C) groups is 1. The van der Waals surface area contributed by atoms with Crippen molar-refractivity contribution < 1.29 is 8.85 Å². The van der Waals surface area contributed by atoms with Gasteiger partial charge in [0.05, 0.1) is 0 Å². The Morgan fingerprint density at radius 2 is 1.36 bits per heavy atom. The topological polar surface area (TPSA) is 54.9 Å². The molecule has 0 aromatic rings. The minimum atomic E-state index is -1.96. The third-order valence-corrected chi connectivity index (χ3v) is 8.80. The molecule has 2 aliphatic rings. The van der Waals surface area contributed by atoms with Gasteiger partial charge < -0.3 is 19.5 Å². The normalized spacial score (nSPS) is 20.3. The van der Waals surface area contributed by atoms with E-state index in [4.69, 9.17) is 13.8 Å². The van der Waals surface area contributed by atoms with Crippen LogP contribution in [0.25, 0.3) is 0 Å². The lowest BCUT2D eigenvalue weighted by Gasteiger charge is -2.29. The van der Waals surface area contributed by atoms with Crippen LogP contribution in [-0.2, 0) is 8.85 Å². The van der Waals surface area contributed by atoms with Crippen LogP contribution in [0.2, 0.25) is 12.6 Å². The molecule has 0 aromatic carbocycles. The molecular formula is C19H39N3O2Si. The van der Waals surface area contributed by atoms with Crippen LogP contribution in [-0.4, -0.2) is 47.4 Å². The maximum atomic E-state index is 5.57. The van der Waals surface area contributed by atoms with Crippen LogP contribution in [0.4, 0.5) is 0 Å². The zero-order valence-corrected chi connectivity index (χ0v) is 17.6. The summed E-state index contributed by atoms with van der Waals surface area (Å²) in [5, 5.41) is 7.43. The average molecular weight is 370 g/mol. The summed E-state index contributed by atoms with van der Waals surface area (Å²) in [6, 6.07) is 2.19. The predicted molar refractivity (Wildman–Crippen MR) is 107 cm³/mol. The van der Waals surface area contributed by atoms with Gasteiger partial charge in [-0.05, 0) is 44.7 Å². The Bertz CT molecular complexity index is 368. The highest BCUT2D eigenvalue weighted by Crippen LogP contribution is 2.19. The molecule has 0 unspecified atom stereocenters. The number of guanidine groups is 1. The molecule has 0 radical (unpaired) electrons. The standard InChI is InChI=1S/C19H39N3O2Si/c1-23-25(3,24-2)16-10-15-20-19(21-17-11-6-4-7-12-17)22-18-13-8-5-9-14-18/h17-18H,4-16H2,1-3H3,(H2,20,21,22). The molecule has 0 bridgehead atoms. The van der Waals surface area contributed by atoms with E-state index in [1.807, 2.05) is 0 Å². The SMILES string of the molecule is CO[Si](C)(CCCN=C(NC1CCCCC1)NC1CCCCC1)OC. The molecule has 6 heteroatoms. The van der Waals surface area contributed by atoms with E-state index in [1.54, 1.807) is 14.2 Å². The van der Waals surface area contributed by atoms with E-state index >= 15 is 0 Å². The van der Waals surface area contributed by atoms with Crippen molar-refractivity contribution in [2.24, 2.45) is 4.99 Å². The molecule has 0 spiro atoms. The van der Waals surface area contributed by atoms with Gasteiger partial charge in [-0.3, -0.25) is 4.99 Å². The smallest absolute Gasteiger partial charge is 0.334 e. The summed E-state index contributed by atoms with van der Waals surface area (Å²) in [7, 11) is 1.56. The second kappa shape index (κ2) is 11.2. The second-order valence-electron chi connectivity index (χ2n) is 7.83. The van der Waals surface area contributed by atoms with Crippen LogP contribution in [0.3, 0.4) is 0 Å². The summed E-state index contributed by atoms with van der Waals surface area (Å²) in [6.45, 7) is 2.96. The van der Waals surface area contributed by atoms with Gasteiger partial charge in [0.2, 0.25) is 0 Å².